The molecule has 2 aliphatic rings. The highest BCUT2D eigenvalue weighted by Crippen LogP contribution is 2.43. The van der Waals surface area contributed by atoms with E-state index < -0.39 is 36.4 Å². The van der Waals surface area contributed by atoms with E-state index in [1.54, 1.807) is 31.4 Å². The number of piperidine rings is 1. The van der Waals surface area contributed by atoms with Crippen molar-refractivity contribution in [3.63, 3.8) is 0 Å². The van der Waals surface area contributed by atoms with Gasteiger partial charge in [-0.15, -0.1) is 0 Å². The van der Waals surface area contributed by atoms with Crippen LogP contribution in [0.4, 0.5) is 13.2 Å². The smallest absolute Gasteiger partial charge is 0.396 e. The molecular formula is C19H27F3N2O3. The molecule has 0 aromatic heterocycles. The van der Waals surface area contributed by atoms with Gasteiger partial charge in [0.15, 0.2) is 0 Å². The molecule has 152 valence electrons. The standard InChI is InChI=1S/C19H27F3N2O3/c1-25-14-4-2-13(3-5-14)11-26-12-15(19(20,21)22)17-16(23)10-18(27-17)6-8-24-9-7-18/h2-5,15-17,24H,6-12,23H2,1H3/t15?,16?,17-/m1/s1. The van der Waals surface area contributed by atoms with Crippen molar-refractivity contribution < 1.29 is 27.4 Å². The van der Waals surface area contributed by atoms with E-state index in [2.05, 4.69) is 5.32 Å². The number of hydrogen-bond acceptors (Lipinski definition) is 5. The molecule has 3 rings (SSSR count). The van der Waals surface area contributed by atoms with Crippen molar-refractivity contribution in [2.24, 2.45) is 11.7 Å². The van der Waals surface area contributed by atoms with E-state index in [1.165, 1.54) is 0 Å². The Morgan fingerprint density at radius 3 is 2.52 bits per heavy atom. The number of rotatable bonds is 6. The number of alkyl halides is 3. The minimum atomic E-state index is -4.43. The fourth-order valence-electron chi connectivity index (χ4n) is 3.96. The van der Waals surface area contributed by atoms with Gasteiger partial charge in [0.25, 0.3) is 0 Å². The number of ether oxygens (including phenoxy) is 3. The molecule has 2 heterocycles. The van der Waals surface area contributed by atoms with Crippen molar-refractivity contribution >= 4 is 0 Å². The first-order valence-corrected chi connectivity index (χ1v) is 9.24. The van der Waals surface area contributed by atoms with E-state index in [4.69, 9.17) is 19.9 Å². The third-order valence-corrected chi connectivity index (χ3v) is 5.47. The molecule has 5 nitrogen and oxygen atoms in total. The number of halogens is 3. The fourth-order valence-corrected chi connectivity index (χ4v) is 3.96. The minimum Gasteiger partial charge on any atom is -0.497 e. The molecule has 2 saturated heterocycles. The first kappa shape index (κ1) is 20.4. The molecule has 0 aliphatic carbocycles. The van der Waals surface area contributed by atoms with Crippen LogP contribution >= 0.6 is 0 Å². The van der Waals surface area contributed by atoms with Gasteiger partial charge in [-0.3, -0.25) is 0 Å². The number of benzene rings is 1. The average Bonchev–Trinajstić information content (AvgIpc) is 2.94. The lowest BCUT2D eigenvalue weighted by Gasteiger charge is -2.35. The topological polar surface area (TPSA) is 65.7 Å². The number of methoxy groups -OCH3 is 1. The van der Waals surface area contributed by atoms with Crippen LogP contribution in [0.3, 0.4) is 0 Å². The Kier molecular flexibility index (Phi) is 6.30. The predicted octanol–water partition coefficient (Wildman–Crippen LogP) is 2.63. The minimum absolute atomic E-state index is 0.0909. The molecule has 3 N–H and O–H groups in total. The monoisotopic (exact) mass is 388 g/mol. The normalized spacial score (nSPS) is 26.3. The van der Waals surface area contributed by atoms with Gasteiger partial charge in [-0.2, -0.15) is 13.2 Å². The maximum atomic E-state index is 13.7. The lowest BCUT2D eigenvalue weighted by molar-refractivity contribution is -0.228. The summed E-state index contributed by atoms with van der Waals surface area (Å²) in [5.74, 6) is -1.05. The maximum absolute atomic E-state index is 13.7. The van der Waals surface area contributed by atoms with Crippen LogP contribution < -0.4 is 15.8 Å². The van der Waals surface area contributed by atoms with Crippen LogP contribution in [0.25, 0.3) is 0 Å². The second kappa shape index (κ2) is 8.34. The first-order chi connectivity index (χ1) is 12.8. The molecule has 0 amide bonds. The van der Waals surface area contributed by atoms with Crippen LogP contribution in [0, 0.1) is 5.92 Å². The summed E-state index contributed by atoms with van der Waals surface area (Å²) in [6.07, 6.45) is -3.66. The van der Waals surface area contributed by atoms with Crippen molar-refractivity contribution in [1.82, 2.24) is 5.32 Å². The Bertz CT molecular complexity index is 603. The van der Waals surface area contributed by atoms with Gasteiger partial charge in [0.2, 0.25) is 0 Å². The molecule has 0 saturated carbocycles. The number of nitrogens with one attached hydrogen (secondary N) is 1. The van der Waals surface area contributed by atoms with Gasteiger partial charge >= 0.3 is 6.18 Å². The fraction of sp³-hybridized carbons (Fsp3) is 0.684. The first-order valence-electron chi connectivity index (χ1n) is 9.24. The molecule has 27 heavy (non-hydrogen) atoms. The molecule has 2 fully saturated rings. The van der Waals surface area contributed by atoms with Gasteiger partial charge in [-0.25, -0.2) is 0 Å². The summed E-state index contributed by atoms with van der Waals surface area (Å²) in [7, 11) is 1.55. The van der Waals surface area contributed by atoms with Crippen molar-refractivity contribution in [1.29, 1.82) is 0 Å². The maximum Gasteiger partial charge on any atom is 0.396 e. The Morgan fingerprint density at radius 1 is 1.26 bits per heavy atom. The third-order valence-electron chi connectivity index (χ3n) is 5.47. The van der Waals surface area contributed by atoms with Crippen molar-refractivity contribution in [2.45, 2.75) is 49.8 Å². The predicted molar refractivity (Wildman–Crippen MR) is 94.5 cm³/mol. The van der Waals surface area contributed by atoms with E-state index in [9.17, 15) is 13.2 Å². The zero-order valence-electron chi connectivity index (χ0n) is 15.4. The molecular weight excluding hydrogens is 361 g/mol. The lowest BCUT2D eigenvalue weighted by Crippen LogP contribution is -2.46. The quantitative estimate of drug-likeness (QED) is 0.784. The van der Waals surface area contributed by atoms with Crippen molar-refractivity contribution in [3.05, 3.63) is 29.8 Å². The molecule has 0 radical (unpaired) electrons. The van der Waals surface area contributed by atoms with E-state index >= 15 is 0 Å². The Hall–Kier alpha value is -1.35. The van der Waals surface area contributed by atoms with Gasteiger partial charge in [0.05, 0.1) is 32.0 Å². The van der Waals surface area contributed by atoms with Crippen LogP contribution in [-0.2, 0) is 16.1 Å². The van der Waals surface area contributed by atoms with E-state index in [1.807, 2.05) is 0 Å². The summed E-state index contributed by atoms with van der Waals surface area (Å²) in [4.78, 5) is 0. The van der Waals surface area contributed by atoms with E-state index in [0.29, 0.717) is 25.0 Å². The Morgan fingerprint density at radius 2 is 1.93 bits per heavy atom. The zero-order chi connectivity index (χ0) is 19.5. The summed E-state index contributed by atoms with van der Waals surface area (Å²) >= 11 is 0. The lowest BCUT2D eigenvalue weighted by atomic mass is 9.87. The van der Waals surface area contributed by atoms with Crippen molar-refractivity contribution in [3.8, 4) is 5.75 Å². The van der Waals surface area contributed by atoms with Gasteiger partial charge < -0.3 is 25.3 Å². The average molecular weight is 388 g/mol. The summed E-state index contributed by atoms with van der Waals surface area (Å²) in [5.41, 5.74) is 6.33. The highest BCUT2D eigenvalue weighted by molar-refractivity contribution is 5.26. The van der Waals surface area contributed by atoms with Gasteiger partial charge in [0.1, 0.15) is 11.7 Å². The van der Waals surface area contributed by atoms with Crippen LogP contribution in [0.15, 0.2) is 24.3 Å². The molecule has 1 spiro atoms. The third kappa shape index (κ3) is 4.93. The summed E-state index contributed by atoms with van der Waals surface area (Å²) in [5, 5.41) is 3.21. The van der Waals surface area contributed by atoms with Crippen LogP contribution in [0.1, 0.15) is 24.8 Å². The highest BCUT2D eigenvalue weighted by Gasteiger charge is 2.55. The van der Waals surface area contributed by atoms with E-state index in [-0.39, 0.29) is 6.61 Å². The van der Waals surface area contributed by atoms with Gasteiger partial charge in [-0.1, -0.05) is 12.1 Å². The second-order valence-corrected chi connectivity index (χ2v) is 7.39. The molecule has 1 aromatic rings. The highest BCUT2D eigenvalue weighted by atomic mass is 19.4. The summed E-state index contributed by atoms with van der Waals surface area (Å²) < 4.78 is 57.5. The largest absolute Gasteiger partial charge is 0.497 e. The Labute approximate surface area is 157 Å². The van der Waals surface area contributed by atoms with Gasteiger partial charge in [0, 0.05) is 6.04 Å². The molecule has 2 unspecified atom stereocenters. The summed E-state index contributed by atoms with van der Waals surface area (Å²) in [6.45, 7) is 1.10. The zero-order valence-corrected chi connectivity index (χ0v) is 15.4. The molecule has 0 bridgehead atoms. The van der Waals surface area contributed by atoms with Crippen LogP contribution in [-0.4, -0.2) is 50.7 Å². The number of nitrogens with two attached hydrogens (primary N) is 1. The second-order valence-electron chi connectivity index (χ2n) is 7.39. The number of hydrogen-bond donors (Lipinski definition) is 2. The molecule has 3 atom stereocenters. The van der Waals surface area contributed by atoms with Crippen LogP contribution in [0.2, 0.25) is 0 Å². The molecule has 2 aliphatic heterocycles. The molecule has 8 heteroatoms. The van der Waals surface area contributed by atoms with Gasteiger partial charge in [-0.05, 0) is 50.0 Å². The SMILES string of the molecule is COc1ccc(COCC([C@H]2OC3(CCNCC3)CC2N)C(F)(F)F)cc1. The molecule has 1 aromatic carbocycles. The van der Waals surface area contributed by atoms with Crippen molar-refractivity contribution in [2.75, 3.05) is 26.8 Å². The Balaban J connectivity index is 1.61. The summed E-state index contributed by atoms with van der Waals surface area (Å²) in [6, 6.07) is 6.39. The van der Waals surface area contributed by atoms with Crippen LogP contribution in [0.5, 0.6) is 5.75 Å². The van der Waals surface area contributed by atoms with E-state index in [0.717, 1.165) is 18.7 Å².